The van der Waals surface area contributed by atoms with Gasteiger partial charge in [0, 0.05) is 12.0 Å². The fraction of sp³-hybridized carbons (Fsp3) is 0.208. The van der Waals surface area contributed by atoms with Crippen molar-refractivity contribution in [2.24, 2.45) is 5.73 Å². The third-order valence-electron chi connectivity index (χ3n) is 4.76. The third-order valence-corrected chi connectivity index (χ3v) is 5.78. The first kappa shape index (κ1) is 20.2. The van der Waals surface area contributed by atoms with Gasteiger partial charge in [-0.2, -0.15) is 0 Å². The van der Waals surface area contributed by atoms with Crippen LogP contribution in [0.5, 0.6) is 0 Å². The van der Waals surface area contributed by atoms with Crippen LogP contribution in [0.2, 0.25) is 0 Å². The average molecular weight is 392 g/mol. The number of ether oxygens (including phenoxy) is 1. The van der Waals surface area contributed by atoms with E-state index in [9.17, 15) is 4.79 Å². The van der Waals surface area contributed by atoms with Gasteiger partial charge in [0.05, 0.1) is 0 Å². The highest BCUT2D eigenvalue weighted by atomic mass is 32.2. The summed E-state index contributed by atoms with van der Waals surface area (Å²) in [4.78, 5) is 12.8. The summed E-state index contributed by atoms with van der Waals surface area (Å²) in [7, 11) is 0. The van der Waals surface area contributed by atoms with Gasteiger partial charge < -0.3 is 10.5 Å². The highest BCUT2D eigenvalue weighted by molar-refractivity contribution is 8.00. The van der Waals surface area contributed by atoms with Crippen LogP contribution in [0.1, 0.15) is 22.6 Å². The summed E-state index contributed by atoms with van der Waals surface area (Å²) in [6, 6.07) is 29.5. The van der Waals surface area contributed by atoms with Crippen molar-refractivity contribution in [3.8, 4) is 0 Å². The topological polar surface area (TPSA) is 52.3 Å². The van der Waals surface area contributed by atoms with Crippen LogP contribution in [0.4, 0.5) is 0 Å². The van der Waals surface area contributed by atoms with Crippen LogP contribution in [-0.2, 0) is 16.1 Å². The fourth-order valence-electron chi connectivity index (χ4n) is 3.35. The molecule has 0 fully saturated rings. The molecular formula is C24H25NO2S. The van der Waals surface area contributed by atoms with Crippen LogP contribution < -0.4 is 5.73 Å². The SMILES string of the molecule is CSC(C(=O)OCc1ccccc1)C(N)C(c1ccccc1)c1ccccc1. The molecule has 0 amide bonds. The molecule has 2 N–H and O–H groups in total. The highest BCUT2D eigenvalue weighted by Crippen LogP contribution is 2.32. The van der Waals surface area contributed by atoms with Crippen molar-refractivity contribution in [3.05, 3.63) is 108 Å². The van der Waals surface area contributed by atoms with Gasteiger partial charge in [0.25, 0.3) is 0 Å². The molecule has 2 atom stereocenters. The molecule has 0 aliphatic rings. The van der Waals surface area contributed by atoms with Gasteiger partial charge in [0.15, 0.2) is 0 Å². The molecule has 0 saturated heterocycles. The van der Waals surface area contributed by atoms with Gasteiger partial charge in [0.1, 0.15) is 11.9 Å². The Morgan fingerprint density at radius 1 is 0.857 bits per heavy atom. The Morgan fingerprint density at radius 3 is 1.79 bits per heavy atom. The zero-order valence-corrected chi connectivity index (χ0v) is 16.7. The van der Waals surface area contributed by atoms with Gasteiger partial charge in [-0.15, -0.1) is 11.8 Å². The third kappa shape index (κ3) is 5.03. The molecule has 3 aromatic carbocycles. The molecule has 3 rings (SSSR count). The monoisotopic (exact) mass is 391 g/mol. The summed E-state index contributed by atoms with van der Waals surface area (Å²) < 4.78 is 5.58. The molecule has 0 radical (unpaired) electrons. The molecule has 28 heavy (non-hydrogen) atoms. The van der Waals surface area contributed by atoms with Gasteiger partial charge in [-0.05, 0) is 22.9 Å². The smallest absolute Gasteiger partial charge is 0.321 e. The van der Waals surface area contributed by atoms with Gasteiger partial charge in [0.2, 0.25) is 0 Å². The number of carbonyl (C=O) groups is 1. The first-order chi connectivity index (χ1) is 13.7. The number of hydrogen-bond acceptors (Lipinski definition) is 4. The van der Waals surface area contributed by atoms with E-state index >= 15 is 0 Å². The Kier molecular flexibility index (Phi) is 7.29. The molecule has 3 nitrogen and oxygen atoms in total. The van der Waals surface area contributed by atoms with Crippen LogP contribution in [0.25, 0.3) is 0 Å². The molecule has 4 heteroatoms. The van der Waals surface area contributed by atoms with Crippen molar-refractivity contribution >= 4 is 17.7 Å². The minimum absolute atomic E-state index is 0.0934. The van der Waals surface area contributed by atoms with Crippen LogP contribution >= 0.6 is 11.8 Å². The molecule has 3 aromatic rings. The molecular weight excluding hydrogens is 366 g/mol. The Balaban J connectivity index is 1.81. The van der Waals surface area contributed by atoms with E-state index in [1.165, 1.54) is 11.8 Å². The van der Waals surface area contributed by atoms with Crippen molar-refractivity contribution in [2.75, 3.05) is 6.26 Å². The van der Waals surface area contributed by atoms with E-state index in [1.54, 1.807) is 0 Å². The maximum atomic E-state index is 12.8. The normalized spacial score (nSPS) is 13.1. The lowest BCUT2D eigenvalue weighted by Gasteiger charge is -2.29. The average Bonchev–Trinajstić information content (AvgIpc) is 2.75. The summed E-state index contributed by atoms with van der Waals surface area (Å²) in [5.41, 5.74) is 9.84. The summed E-state index contributed by atoms with van der Waals surface area (Å²) in [5.74, 6) is -0.371. The number of rotatable bonds is 8. The first-order valence-electron chi connectivity index (χ1n) is 9.29. The number of thioether (sulfide) groups is 1. The van der Waals surface area contributed by atoms with Crippen LogP contribution in [0, 0.1) is 0 Å². The Hall–Kier alpha value is -2.56. The lowest BCUT2D eigenvalue weighted by atomic mass is 9.84. The molecule has 0 saturated carbocycles. The molecule has 0 heterocycles. The summed E-state index contributed by atoms with van der Waals surface area (Å²) in [6.45, 7) is 0.255. The summed E-state index contributed by atoms with van der Waals surface area (Å²) >= 11 is 1.44. The molecule has 144 valence electrons. The highest BCUT2D eigenvalue weighted by Gasteiger charge is 2.34. The minimum atomic E-state index is -0.464. The van der Waals surface area contributed by atoms with E-state index in [0.29, 0.717) is 0 Å². The lowest BCUT2D eigenvalue weighted by Crippen LogP contribution is -2.44. The second kappa shape index (κ2) is 10.1. The van der Waals surface area contributed by atoms with Gasteiger partial charge >= 0.3 is 5.97 Å². The largest absolute Gasteiger partial charge is 0.460 e. The van der Waals surface area contributed by atoms with Crippen LogP contribution in [0.15, 0.2) is 91.0 Å². The number of nitrogens with two attached hydrogens (primary N) is 1. The van der Waals surface area contributed by atoms with Crippen molar-refractivity contribution in [1.29, 1.82) is 0 Å². The molecule has 0 aromatic heterocycles. The Bertz CT molecular complexity index is 816. The van der Waals surface area contributed by atoms with Gasteiger partial charge in [-0.3, -0.25) is 4.79 Å². The maximum Gasteiger partial charge on any atom is 0.321 e. The number of carbonyl (C=O) groups excluding carboxylic acids is 1. The quantitative estimate of drug-likeness (QED) is 0.569. The van der Waals surface area contributed by atoms with Crippen molar-refractivity contribution in [2.45, 2.75) is 23.8 Å². The zero-order valence-electron chi connectivity index (χ0n) is 15.9. The fourth-order valence-corrected chi connectivity index (χ4v) is 4.09. The van der Waals surface area contributed by atoms with E-state index < -0.39 is 11.3 Å². The number of esters is 1. The van der Waals surface area contributed by atoms with Crippen molar-refractivity contribution < 1.29 is 9.53 Å². The predicted octanol–water partition coefficient (Wildman–Crippen LogP) is 4.62. The first-order valence-corrected chi connectivity index (χ1v) is 10.6. The lowest BCUT2D eigenvalue weighted by molar-refractivity contribution is -0.144. The Morgan fingerprint density at radius 2 is 1.32 bits per heavy atom. The number of hydrogen-bond donors (Lipinski definition) is 1. The van der Waals surface area contributed by atoms with Gasteiger partial charge in [-0.25, -0.2) is 0 Å². The molecule has 2 unspecified atom stereocenters. The van der Waals surface area contributed by atoms with E-state index in [2.05, 4.69) is 24.3 Å². The zero-order chi connectivity index (χ0) is 19.8. The van der Waals surface area contributed by atoms with E-state index in [0.717, 1.165) is 16.7 Å². The van der Waals surface area contributed by atoms with Crippen LogP contribution in [-0.4, -0.2) is 23.5 Å². The van der Waals surface area contributed by atoms with E-state index in [-0.39, 0.29) is 18.5 Å². The predicted molar refractivity (Wildman–Crippen MR) is 116 cm³/mol. The minimum Gasteiger partial charge on any atom is -0.460 e. The Labute approximate surface area is 170 Å². The molecule has 0 aliphatic carbocycles. The van der Waals surface area contributed by atoms with Crippen molar-refractivity contribution in [1.82, 2.24) is 0 Å². The molecule has 0 bridgehead atoms. The van der Waals surface area contributed by atoms with E-state index in [4.69, 9.17) is 10.5 Å². The van der Waals surface area contributed by atoms with Gasteiger partial charge in [-0.1, -0.05) is 91.0 Å². The van der Waals surface area contributed by atoms with Crippen molar-refractivity contribution in [3.63, 3.8) is 0 Å². The molecule has 0 aliphatic heterocycles. The maximum absolute atomic E-state index is 12.8. The van der Waals surface area contributed by atoms with E-state index in [1.807, 2.05) is 73.0 Å². The second-order valence-electron chi connectivity index (χ2n) is 6.63. The number of benzene rings is 3. The van der Waals surface area contributed by atoms with Crippen LogP contribution in [0.3, 0.4) is 0 Å². The summed E-state index contributed by atoms with van der Waals surface area (Å²) in [5, 5.41) is -0.464. The second-order valence-corrected chi connectivity index (χ2v) is 7.61. The molecule has 0 spiro atoms. The standard InChI is InChI=1S/C24H25NO2S/c1-28-23(24(26)27-17-18-11-5-2-6-12-18)22(25)21(19-13-7-3-8-14-19)20-15-9-4-10-16-20/h2-16,21-23H,17,25H2,1H3. The summed E-state index contributed by atoms with van der Waals surface area (Å²) in [6.07, 6.45) is 1.90.